The summed E-state index contributed by atoms with van der Waals surface area (Å²) in [6, 6.07) is 15.5. The first-order valence-corrected chi connectivity index (χ1v) is 10.9. The van der Waals surface area contributed by atoms with Crippen LogP contribution in [0, 0.1) is 0 Å². The van der Waals surface area contributed by atoms with E-state index < -0.39 is 6.17 Å². The molecule has 0 aromatic heterocycles. The van der Waals surface area contributed by atoms with E-state index in [0.29, 0.717) is 17.5 Å². The number of amidine groups is 1. The van der Waals surface area contributed by atoms with Crippen molar-refractivity contribution in [3.63, 3.8) is 0 Å². The maximum atomic E-state index is 13.1. The summed E-state index contributed by atoms with van der Waals surface area (Å²) in [6.07, 6.45) is 1.71. The van der Waals surface area contributed by atoms with Crippen molar-refractivity contribution < 1.29 is 9.53 Å². The maximum absolute atomic E-state index is 13.1. The minimum absolute atomic E-state index is 0.153. The van der Waals surface area contributed by atoms with Crippen LogP contribution in [-0.2, 0) is 4.79 Å². The molecule has 2 heterocycles. The van der Waals surface area contributed by atoms with Crippen LogP contribution in [0.4, 0.5) is 0 Å². The molecule has 0 unspecified atom stereocenters. The van der Waals surface area contributed by atoms with Crippen molar-refractivity contribution in [3.8, 4) is 5.75 Å². The van der Waals surface area contributed by atoms with Gasteiger partial charge in [-0.2, -0.15) is 0 Å². The van der Waals surface area contributed by atoms with Gasteiger partial charge in [-0.25, -0.2) is 5.01 Å². The van der Waals surface area contributed by atoms with E-state index >= 15 is 0 Å². The third kappa shape index (κ3) is 3.87. The fourth-order valence-electron chi connectivity index (χ4n) is 3.39. The minimum Gasteiger partial charge on any atom is -0.493 e. The second kappa shape index (κ2) is 8.69. The summed E-state index contributed by atoms with van der Waals surface area (Å²) in [5, 5.41) is 11.7. The molecule has 2 aromatic carbocycles. The molecule has 2 aliphatic heterocycles. The predicted octanol–water partition coefficient (Wildman–Crippen LogP) is 2.76. The molecule has 0 radical (unpaired) electrons. The molecule has 0 saturated heterocycles. The molecule has 0 bridgehead atoms. The highest BCUT2D eigenvalue weighted by Crippen LogP contribution is 2.35. The molecule has 6 nitrogen and oxygen atoms in total. The third-order valence-electron chi connectivity index (χ3n) is 4.75. The molecule has 0 fully saturated rings. The number of rotatable bonds is 6. The van der Waals surface area contributed by atoms with Crippen molar-refractivity contribution in [2.75, 3.05) is 12.4 Å². The Morgan fingerprint density at radius 3 is 2.76 bits per heavy atom. The van der Waals surface area contributed by atoms with Gasteiger partial charge in [-0.1, -0.05) is 61.5 Å². The lowest BCUT2D eigenvalue weighted by Crippen LogP contribution is -2.50. The summed E-state index contributed by atoms with van der Waals surface area (Å²) in [5.74, 6) is 1.51. The van der Waals surface area contributed by atoms with E-state index in [9.17, 15) is 4.79 Å². The molecule has 2 aromatic rings. The number of benzene rings is 2. The minimum atomic E-state index is -0.463. The number of hydrazone groups is 1. The highest BCUT2D eigenvalue weighted by Gasteiger charge is 2.35. The van der Waals surface area contributed by atoms with Gasteiger partial charge in [-0.3, -0.25) is 15.1 Å². The van der Waals surface area contributed by atoms with Crippen LogP contribution >= 0.6 is 11.8 Å². The number of carbonyl (C=O) groups is 1. The van der Waals surface area contributed by atoms with Crippen molar-refractivity contribution in [2.45, 2.75) is 32.9 Å². The molecule has 4 rings (SSSR count). The van der Waals surface area contributed by atoms with Crippen molar-refractivity contribution in [2.24, 2.45) is 10.1 Å². The number of nitrogens with zero attached hydrogens (tertiary/aromatic N) is 3. The van der Waals surface area contributed by atoms with E-state index in [4.69, 9.17) is 14.8 Å². The number of unbranched alkanes of at least 4 members (excludes halogenated alkanes) is 1. The standard InChI is InChI=1S/C22H24N4O2S/c1-3-5-14-29-22-24-21(27)19-15-10-6-8-12-17(15)23-20(26(19)25-22)16-11-7-9-13-18(16)28-4-2/h6-13,20H,3-5,14H2,1-2H3,(H,24,25,27)/t20-/m1/s1. The molecule has 29 heavy (non-hydrogen) atoms. The molecule has 1 amide bonds. The predicted molar refractivity (Wildman–Crippen MR) is 116 cm³/mol. The summed E-state index contributed by atoms with van der Waals surface area (Å²) in [7, 11) is 0. The largest absolute Gasteiger partial charge is 0.493 e. The number of fused-ring (bicyclic) bond motifs is 2. The summed E-state index contributed by atoms with van der Waals surface area (Å²) in [5.41, 5.74) is 1.41. The number of amides is 1. The number of hydrogen-bond donors (Lipinski definition) is 1. The first-order chi connectivity index (χ1) is 14.2. The van der Waals surface area contributed by atoms with Crippen LogP contribution in [0.1, 0.15) is 38.4 Å². The Hall–Kier alpha value is -2.80. The van der Waals surface area contributed by atoms with E-state index in [2.05, 4.69) is 12.2 Å². The molecular weight excluding hydrogens is 384 g/mol. The SMILES string of the molecule is CCCCSC1=NN2C(=c3ccccc3=N[C@H]2c2ccccc2OCC)C(=O)N1. The van der Waals surface area contributed by atoms with Gasteiger partial charge in [-0.05, 0) is 25.5 Å². The van der Waals surface area contributed by atoms with Gasteiger partial charge >= 0.3 is 0 Å². The van der Waals surface area contributed by atoms with Crippen molar-refractivity contribution in [1.29, 1.82) is 0 Å². The number of para-hydroxylation sites is 2. The number of nitrogens with one attached hydrogen (secondary N) is 1. The van der Waals surface area contributed by atoms with E-state index in [-0.39, 0.29) is 5.91 Å². The Balaban J connectivity index is 1.85. The highest BCUT2D eigenvalue weighted by atomic mass is 32.2. The fraction of sp³-hybridized carbons (Fsp3) is 0.318. The molecule has 2 aliphatic rings. The van der Waals surface area contributed by atoms with Crippen molar-refractivity contribution in [1.82, 2.24) is 10.3 Å². The molecule has 7 heteroatoms. The van der Waals surface area contributed by atoms with Gasteiger partial charge in [0.15, 0.2) is 11.3 Å². The Morgan fingerprint density at radius 2 is 1.93 bits per heavy atom. The highest BCUT2D eigenvalue weighted by molar-refractivity contribution is 8.13. The van der Waals surface area contributed by atoms with Crippen LogP contribution in [0.3, 0.4) is 0 Å². The van der Waals surface area contributed by atoms with Gasteiger partial charge < -0.3 is 4.74 Å². The van der Waals surface area contributed by atoms with Gasteiger partial charge in [0.25, 0.3) is 5.91 Å². The van der Waals surface area contributed by atoms with Gasteiger partial charge in [0.1, 0.15) is 11.4 Å². The average Bonchev–Trinajstić information content (AvgIpc) is 2.74. The zero-order chi connectivity index (χ0) is 20.2. The second-order valence-electron chi connectivity index (χ2n) is 6.75. The number of hydrogen-bond acceptors (Lipinski definition) is 6. The Labute approximate surface area is 174 Å². The number of thioether (sulfide) groups is 1. The fourth-order valence-corrected chi connectivity index (χ4v) is 4.33. The summed E-state index contributed by atoms with van der Waals surface area (Å²) in [4.78, 5) is 18.0. The number of carbonyl (C=O) groups excluding carboxylic acids is 1. The van der Waals surface area contributed by atoms with Gasteiger partial charge in [0.05, 0.1) is 12.0 Å². The van der Waals surface area contributed by atoms with E-state index in [1.807, 2.05) is 55.5 Å². The van der Waals surface area contributed by atoms with Crippen molar-refractivity contribution in [3.05, 3.63) is 64.7 Å². The third-order valence-corrected chi connectivity index (χ3v) is 5.70. The Kier molecular flexibility index (Phi) is 5.85. The normalized spacial score (nSPS) is 17.7. The molecule has 150 valence electrons. The van der Waals surface area contributed by atoms with Crippen LogP contribution < -0.4 is 20.6 Å². The molecule has 0 aliphatic carbocycles. The molecule has 0 saturated carbocycles. The first kappa shape index (κ1) is 19.5. The van der Waals surface area contributed by atoms with Crippen LogP contribution in [0.5, 0.6) is 5.75 Å². The van der Waals surface area contributed by atoms with Crippen LogP contribution in [0.25, 0.3) is 5.70 Å². The van der Waals surface area contributed by atoms with Gasteiger partial charge in [0, 0.05) is 16.5 Å². The Bertz CT molecular complexity index is 1070. The monoisotopic (exact) mass is 408 g/mol. The molecular formula is C22H24N4O2S. The van der Waals surface area contributed by atoms with E-state index in [1.54, 1.807) is 16.8 Å². The van der Waals surface area contributed by atoms with Crippen molar-refractivity contribution >= 4 is 28.5 Å². The molecule has 1 atom stereocenters. The van der Waals surface area contributed by atoms with E-state index in [1.165, 1.54) is 0 Å². The zero-order valence-corrected chi connectivity index (χ0v) is 17.4. The lowest BCUT2D eigenvalue weighted by Gasteiger charge is -2.34. The summed E-state index contributed by atoms with van der Waals surface area (Å²) in [6.45, 7) is 4.66. The lowest BCUT2D eigenvalue weighted by molar-refractivity contribution is -0.116. The summed E-state index contributed by atoms with van der Waals surface area (Å²) >= 11 is 1.56. The summed E-state index contributed by atoms with van der Waals surface area (Å²) < 4.78 is 5.84. The van der Waals surface area contributed by atoms with Gasteiger partial charge in [0.2, 0.25) is 0 Å². The maximum Gasteiger partial charge on any atom is 0.276 e. The number of ether oxygens (including phenoxy) is 1. The molecule has 1 N–H and O–H groups in total. The molecule has 0 spiro atoms. The zero-order valence-electron chi connectivity index (χ0n) is 16.6. The smallest absolute Gasteiger partial charge is 0.276 e. The second-order valence-corrected chi connectivity index (χ2v) is 7.83. The van der Waals surface area contributed by atoms with Crippen LogP contribution in [0.15, 0.2) is 58.6 Å². The van der Waals surface area contributed by atoms with E-state index in [0.717, 1.165) is 40.5 Å². The quantitative estimate of drug-likeness (QED) is 0.747. The first-order valence-electron chi connectivity index (χ1n) is 9.93. The topological polar surface area (TPSA) is 66.3 Å². The van der Waals surface area contributed by atoms with Crippen LogP contribution in [0.2, 0.25) is 0 Å². The average molecular weight is 409 g/mol. The van der Waals surface area contributed by atoms with Gasteiger partial charge in [-0.15, -0.1) is 5.10 Å². The Morgan fingerprint density at radius 1 is 1.14 bits per heavy atom. The lowest BCUT2D eigenvalue weighted by atomic mass is 10.1. The van der Waals surface area contributed by atoms with Crippen LogP contribution in [-0.4, -0.2) is 28.4 Å².